The number of pyridine rings is 1. The van der Waals surface area contributed by atoms with E-state index in [-0.39, 0.29) is 17.3 Å². The highest BCUT2D eigenvalue weighted by Crippen LogP contribution is 2.29. The van der Waals surface area contributed by atoms with E-state index in [1.54, 1.807) is 4.90 Å². The lowest BCUT2D eigenvalue weighted by molar-refractivity contribution is -0.171. The molecule has 0 aliphatic carbocycles. The molecule has 0 radical (unpaired) electrons. The zero-order valence-electron chi connectivity index (χ0n) is 12.2. The molecule has 0 aromatic carbocycles. The Hall–Kier alpha value is -1.69. The van der Waals surface area contributed by atoms with Crippen LogP contribution in [0.2, 0.25) is 0 Å². The lowest BCUT2D eigenvalue weighted by Crippen LogP contribution is -2.58. The van der Waals surface area contributed by atoms with Crippen molar-refractivity contribution in [3.8, 4) is 0 Å². The third kappa shape index (κ3) is 3.07. The smallest absolute Gasteiger partial charge is 0.257 e. The molecule has 1 saturated heterocycles. The molecule has 1 aromatic rings. The highest BCUT2D eigenvalue weighted by Gasteiger charge is 2.40. The zero-order chi connectivity index (χ0) is 15.1. The van der Waals surface area contributed by atoms with Crippen LogP contribution >= 0.6 is 0 Å². The van der Waals surface area contributed by atoms with Crippen LogP contribution in [0.15, 0.2) is 12.3 Å². The fourth-order valence-electron chi connectivity index (χ4n) is 2.72. The van der Waals surface area contributed by atoms with E-state index in [1.165, 1.54) is 0 Å². The minimum atomic E-state index is -0.575. The van der Waals surface area contributed by atoms with Gasteiger partial charge in [0.1, 0.15) is 11.6 Å². The summed E-state index contributed by atoms with van der Waals surface area (Å²) in [7, 11) is 0. The van der Waals surface area contributed by atoms with Gasteiger partial charge in [-0.25, -0.2) is 9.37 Å². The molecule has 110 valence electrons. The van der Waals surface area contributed by atoms with E-state index in [9.17, 15) is 9.18 Å². The number of nitrogens with two attached hydrogens (primary N) is 1. The average Bonchev–Trinajstić information content (AvgIpc) is 2.27. The van der Waals surface area contributed by atoms with Crippen molar-refractivity contribution in [3.63, 3.8) is 0 Å². The van der Waals surface area contributed by atoms with Crippen molar-refractivity contribution in [2.45, 2.75) is 38.9 Å². The first-order valence-corrected chi connectivity index (χ1v) is 6.50. The quantitative estimate of drug-likeness (QED) is 0.852. The van der Waals surface area contributed by atoms with Crippen LogP contribution in [0.5, 0.6) is 0 Å². The summed E-state index contributed by atoms with van der Waals surface area (Å²) in [5.41, 5.74) is 4.84. The van der Waals surface area contributed by atoms with Crippen molar-refractivity contribution >= 4 is 11.7 Å². The number of morpholine rings is 1. The Morgan fingerprint density at radius 3 is 2.45 bits per heavy atom. The number of nitrogens with zero attached hydrogens (tertiary/aromatic N) is 2. The Balaban J connectivity index is 2.31. The number of hydrogen-bond donors (Lipinski definition) is 1. The molecule has 0 bridgehead atoms. The number of aromatic nitrogens is 1. The predicted octanol–water partition coefficient (Wildman–Crippen LogP) is 1.83. The lowest BCUT2D eigenvalue weighted by atomic mass is 9.98. The Morgan fingerprint density at radius 2 is 1.90 bits per heavy atom. The molecule has 0 spiro atoms. The molecule has 2 rings (SSSR count). The molecule has 0 saturated carbocycles. The normalized spacial score (nSPS) is 20.8. The second kappa shape index (κ2) is 4.70. The Bertz CT molecular complexity index is 527. The summed E-state index contributed by atoms with van der Waals surface area (Å²) in [6, 6.07) is 1.13. The monoisotopic (exact) mass is 281 g/mol. The number of anilines is 1. The highest BCUT2D eigenvalue weighted by atomic mass is 19.1. The molecule has 20 heavy (non-hydrogen) atoms. The average molecular weight is 281 g/mol. The predicted molar refractivity (Wildman–Crippen MR) is 73.8 cm³/mol. The summed E-state index contributed by atoms with van der Waals surface area (Å²) < 4.78 is 19.2. The van der Waals surface area contributed by atoms with Gasteiger partial charge < -0.3 is 15.4 Å². The molecule has 1 amide bonds. The molecule has 1 aromatic heterocycles. The number of carbonyl (C=O) groups excluding carboxylic acids is 1. The van der Waals surface area contributed by atoms with Gasteiger partial charge in [0, 0.05) is 13.1 Å². The van der Waals surface area contributed by atoms with Crippen molar-refractivity contribution < 1.29 is 13.9 Å². The largest absolute Gasteiger partial charge is 0.383 e. The van der Waals surface area contributed by atoms with Gasteiger partial charge in [0.25, 0.3) is 5.91 Å². The van der Waals surface area contributed by atoms with Crippen LogP contribution in [-0.2, 0) is 4.74 Å². The first-order valence-electron chi connectivity index (χ1n) is 6.50. The summed E-state index contributed by atoms with van der Waals surface area (Å²) in [4.78, 5) is 17.9. The Kier molecular flexibility index (Phi) is 3.46. The molecule has 6 heteroatoms. The van der Waals surface area contributed by atoms with Crippen LogP contribution in [0, 0.1) is 5.82 Å². The molecule has 1 fully saturated rings. The third-order valence-electron chi connectivity index (χ3n) is 3.10. The van der Waals surface area contributed by atoms with Gasteiger partial charge in [-0.1, -0.05) is 0 Å². The van der Waals surface area contributed by atoms with Crippen molar-refractivity contribution in [3.05, 3.63) is 23.6 Å². The second-order valence-corrected chi connectivity index (χ2v) is 6.37. The maximum absolute atomic E-state index is 13.3. The first-order chi connectivity index (χ1) is 9.10. The van der Waals surface area contributed by atoms with Gasteiger partial charge >= 0.3 is 0 Å². The van der Waals surface area contributed by atoms with Crippen molar-refractivity contribution in [1.82, 2.24) is 9.88 Å². The number of ether oxygens (including phenoxy) is 1. The lowest BCUT2D eigenvalue weighted by Gasteiger charge is -2.47. The number of rotatable bonds is 1. The second-order valence-electron chi connectivity index (χ2n) is 6.37. The summed E-state index contributed by atoms with van der Waals surface area (Å²) >= 11 is 0. The molecule has 0 atom stereocenters. The van der Waals surface area contributed by atoms with E-state index in [2.05, 4.69) is 4.98 Å². The molecule has 1 aliphatic heterocycles. The van der Waals surface area contributed by atoms with E-state index in [4.69, 9.17) is 10.5 Å². The SMILES string of the molecule is CC1(C)CN(C(=O)c2cc(F)cnc2N)CC(C)(C)O1. The van der Waals surface area contributed by atoms with Gasteiger partial charge in [-0.2, -0.15) is 0 Å². The summed E-state index contributed by atoms with van der Waals surface area (Å²) in [6.07, 6.45) is 0.999. The van der Waals surface area contributed by atoms with E-state index >= 15 is 0 Å². The highest BCUT2D eigenvalue weighted by molar-refractivity contribution is 5.98. The fraction of sp³-hybridized carbons (Fsp3) is 0.571. The van der Waals surface area contributed by atoms with Crippen molar-refractivity contribution in [2.24, 2.45) is 0 Å². The van der Waals surface area contributed by atoms with Gasteiger partial charge in [0.05, 0.1) is 23.0 Å². The molecule has 0 unspecified atom stereocenters. The van der Waals surface area contributed by atoms with Crippen LogP contribution in [0.4, 0.5) is 10.2 Å². The molecule has 1 aliphatic rings. The fourth-order valence-corrected chi connectivity index (χ4v) is 2.72. The number of carbonyl (C=O) groups is 1. The van der Waals surface area contributed by atoms with Crippen LogP contribution < -0.4 is 5.73 Å². The topological polar surface area (TPSA) is 68.5 Å². The van der Waals surface area contributed by atoms with Gasteiger partial charge in [-0.15, -0.1) is 0 Å². The summed E-state index contributed by atoms with van der Waals surface area (Å²) in [5.74, 6) is -0.855. The van der Waals surface area contributed by atoms with Crippen LogP contribution in [-0.4, -0.2) is 40.1 Å². The van der Waals surface area contributed by atoms with E-state index < -0.39 is 17.0 Å². The van der Waals surface area contributed by atoms with Crippen LogP contribution in [0.1, 0.15) is 38.1 Å². The standard InChI is InChI=1S/C14H20FN3O2/c1-13(2)7-18(8-14(3,4)20-13)12(19)10-5-9(15)6-17-11(10)16/h5-6H,7-8H2,1-4H3,(H2,16,17). The molecule has 2 N–H and O–H groups in total. The maximum Gasteiger partial charge on any atom is 0.257 e. The van der Waals surface area contributed by atoms with Crippen LogP contribution in [0.3, 0.4) is 0 Å². The number of hydrogen-bond acceptors (Lipinski definition) is 4. The number of amides is 1. The minimum absolute atomic E-state index is 0.0403. The third-order valence-corrected chi connectivity index (χ3v) is 3.10. The van der Waals surface area contributed by atoms with E-state index in [1.807, 2.05) is 27.7 Å². The Labute approximate surface area is 117 Å². The molecule has 5 nitrogen and oxygen atoms in total. The van der Waals surface area contributed by atoms with Crippen LogP contribution in [0.25, 0.3) is 0 Å². The summed E-state index contributed by atoms with van der Waals surface area (Å²) in [6.45, 7) is 8.52. The van der Waals surface area contributed by atoms with E-state index in [0.29, 0.717) is 13.1 Å². The van der Waals surface area contributed by atoms with Crippen molar-refractivity contribution in [1.29, 1.82) is 0 Å². The molecule has 2 heterocycles. The number of halogens is 1. The first kappa shape index (κ1) is 14.7. The van der Waals surface area contributed by atoms with Gasteiger partial charge in [-0.3, -0.25) is 4.79 Å². The zero-order valence-corrected chi connectivity index (χ0v) is 12.2. The Morgan fingerprint density at radius 1 is 1.35 bits per heavy atom. The van der Waals surface area contributed by atoms with Gasteiger partial charge in [-0.05, 0) is 33.8 Å². The maximum atomic E-state index is 13.3. The van der Waals surface area contributed by atoms with Crippen molar-refractivity contribution in [2.75, 3.05) is 18.8 Å². The summed E-state index contributed by atoms with van der Waals surface area (Å²) in [5, 5.41) is 0. The van der Waals surface area contributed by atoms with Gasteiger partial charge in [0.15, 0.2) is 0 Å². The molecular weight excluding hydrogens is 261 g/mol. The van der Waals surface area contributed by atoms with E-state index in [0.717, 1.165) is 12.3 Å². The van der Waals surface area contributed by atoms with Gasteiger partial charge in [0.2, 0.25) is 0 Å². The minimum Gasteiger partial charge on any atom is -0.383 e. The number of nitrogen functional groups attached to an aromatic ring is 1. The molecular formula is C14H20FN3O2.